The van der Waals surface area contributed by atoms with E-state index in [0.717, 1.165) is 19.4 Å². The van der Waals surface area contributed by atoms with Crippen molar-refractivity contribution in [1.82, 2.24) is 20.2 Å². The third kappa shape index (κ3) is 5.06. The molecular weight excluding hydrogens is 588 g/mol. The average Bonchev–Trinajstić information content (AvgIpc) is 3.32. The van der Waals surface area contributed by atoms with E-state index in [9.17, 15) is 9.18 Å². The second-order valence-corrected chi connectivity index (χ2v) is 12.3. The lowest BCUT2D eigenvalue weighted by Crippen LogP contribution is -2.46. The molecule has 3 aliphatic rings. The van der Waals surface area contributed by atoms with Crippen LogP contribution in [0.25, 0.3) is 10.9 Å². The van der Waals surface area contributed by atoms with Crippen LogP contribution >= 0.6 is 27.5 Å². The third-order valence-corrected chi connectivity index (χ3v) is 8.64. The monoisotopic (exact) mass is 617 g/mol. The van der Waals surface area contributed by atoms with Crippen molar-refractivity contribution in [1.29, 1.82) is 0 Å². The van der Waals surface area contributed by atoms with Gasteiger partial charge in [0.1, 0.15) is 41.3 Å². The number of carbonyl (C=O) groups excluding carboxylic acids is 1. The van der Waals surface area contributed by atoms with E-state index in [2.05, 4.69) is 36.1 Å². The summed E-state index contributed by atoms with van der Waals surface area (Å²) < 4.78 is 47.1. The molecule has 2 saturated heterocycles. The van der Waals surface area contributed by atoms with Crippen molar-refractivity contribution in [2.45, 2.75) is 63.4 Å². The van der Waals surface area contributed by atoms with Crippen LogP contribution in [0, 0.1) is 5.82 Å². The summed E-state index contributed by atoms with van der Waals surface area (Å²) in [6.45, 7) is 7.04. The van der Waals surface area contributed by atoms with Crippen molar-refractivity contribution >= 4 is 50.3 Å². The summed E-state index contributed by atoms with van der Waals surface area (Å²) in [7, 11) is 1.77. The predicted molar refractivity (Wildman–Crippen MR) is 143 cm³/mol. The number of carbonyl (C=O) groups is 1. The predicted octanol–water partition coefficient (Wildman–Crippen LogP) is 4.86. The summed E-state index contributed by atoms with van der Waals surface area (Å²) in [5.41, 5.74) is -1.07. The number of benzene rings is 1. The van der Waals surface area contributed by atoms with Gasteiger partial charge in [-0.25, -0.2) is 13.6 Å². The number of nitrogens with zero attached hydrogens (tertiary/aromatic N) is 4. The van der Waals surface area contributed by atoms with Crippen molar-refractivity contribution in [2.24, 2.45) is 0 Å². The van der Waals surface area contributed by atoms with Gasteiger partial charge in [0, 0.05) is 26.6 Å². The smallest absolute Gasteiger partial charge is 0.407 e. The van der Waals surface area contributed by atoms with Crippen LogP contribution in [0.4, 0.5) is 19.4 Å². The molecule has 0 unspecified atom stereocenters. The van der Waals surface area contributed by atoms with Crippen molar-refractivity contribution in [3.63, 3.8) is 0 Å². The Bertz CT molecular complexity index is 1260. The van der Waals surface area contributed by atoms with E-state index in [1.54, 1.807) is 32.7 Å². The second kappa shape index (κ2) is 10.1. The minimum atomic E-state index is -0.902. The quantitative estimate of drug-likeness (QED) is 0.476. The zero-order valence-corrected chi connectivity index (χ0v) is 24.1. The van der Waals surface area contributed by atoms with Gasteiger partial charge in [-0.2, -0.15) is 9.97 Å². The lowest BCUT2D eigenvalue weighted by atomic mass is 9.95. The molecule has 1 amide bonds. The van der Waals surface area contributed by atoms with Crippen molar-refractivity contribution in [3.05, 3.63) is 15.3 Å². The molecule has 0 spiro atoms. The second-order valence-electron chi connectivity index (χ2n) is 11.1. The van der Waals surface area contributed by atoms with Crippen LogP contribution in [-0.4, -0.2) is 84.2 Å². The molecule has 0 aliphatic carbocycles. The number of anilines is 1. The molecule has 3 atom stereocenters. The number of ether oxygens (including phenoxy) is 3. The van der Waals surface area contributed by atoms with Gasteiger partial charge < -0.3 is 24.4 Å². The fourth-order valence-electron chi connectivity index (χ4n) is 5.48. The Morgan fingerprint density at radius 2 is 2.13 bits per heavy atom. The minimum Gasteiger partial charge on any atom is -0.489 e. The molecule has 38 heavy (non-hydrogen) atoms. The van der Waals surface area contributed by atoms with Crippen LogP contribution in [0.1, 0.15) is 40.0 Å². The average molecular weight is 619 g/mol. The highest BCUT2D eigenvalue weighted by Gasteiger charge is 2.49. The topological polar surface area (TPSA) is 89.0 Å². The molecular formula is C25H31BrClF2N5O4. The molecule has 9 nitrogen and oxygen atoms in total. The summed E-state index contributed by atoms with van der Waals surface area (Å²) >= 11 is 9.67. The number of fused-ring (bicyclic) bond motifs is 1. The van der Waals surface area contributed by atoms with Gasteiger partial charge in [-0.1, -0.05) is 11.6 Å². The molecule has 2 fully saturated rings. The molecule has 5 rings (SSSR count). The molecule has 1 N–H and O–H groups in total. The summed E-state index contributed by atoms with van der Waals surface area (Å²) in [6, 6.07) is -0.424. The van der Waals surface area contributed by atoms with Crippen LogP contribution in [0.3, 0.4) is 0 Å². The molecule has 208 valence electrons. The van der Waals surface area contributed by atoms with E-state index >= 15 is 4.39 Å². The Hall–Kier alpha value is -2.18. The molecule has 1 aromatic heterocycles. The Labute approximate surface area is 233 Å². The van der Waals surface area contributed by atoms with Gasteiger partial charge in [-0.3, -0.25) is 4.90 Å². The fraction of sp³-hybridized carbons (Fsp3) is 0.640. The first-order valence-corrected chi connectivity index (χ1v) is 13.8. The van der Waals surface area contributed by atoms with Crippen LogP contribution < -0.4 is 19.7 Å². The van der Waals surface area contributed by atoms with E-state index in [-0.39, 0.29) is 46.5 Å². The van der Waals surface area contributed by atoms with Gasteiger partial charge >= 0.3 is 12.1 Å². The van der Waals surface area contributed by atoms with Gasteiger partial charge in [-0.05, 0) is 56.1 Å². The van der Waals surface area contributed by atoms with Gasteiger partial charge in [0.25, 0.3) is 0 Å². The van der Waals surface area contributed by atoms with E-state index in [1.165, 1.54) is 0 Å². The van der Waals surface area contributed by atoms with E-state index < -0.39 is 35.3 Å². The molecule has 3 aliphatic heterocycles. The number of amides is 1. The van der Waals surface area contributed by atoms with Crippen LogP contribution in [0.2, 0.25) is 5.02 Å². The number of hydrogen-bond acceptors (Lipinski definition) is 8. The van der Waals surface area contributed by atoms with Gasteiger partial charge in [0.05, 0.1) is 21.4 Å². The maximum atomic E-state index is 15.5. The molecule has 0 radical (unpaired) electrons. The van der Waals surface area contributed by atoms with Crippen LogP contribution in [-0.2, 0) is 4.74 Å². The summed E-state index contributed by atoms with van der Waals surface area (Å²) in [6.07, 6.45) is 0.703. The first kappa shape index (κ1) is 27.4. The lowest BCUT2D eigenvalue weighted by Gasteiger charge is -2.31. The number of aromatic nitrogens is 2. The molecule has 2 aromatic rings. The SMILES string of the molecule is CN1c2nc(OC[C@@]34CCCN3C[C@H](F)C4)nc3c(F)c(Br)c(Cl)c(c23)OC[C@@H]1CNC(=O)OC(C)(C)C. The fourth-order valence-corrected chi connectivity index (χ4v) is 6.08. The largest absolute Gasteiger partial charge is 0.489 e. The third-order valence-electron chi connectivity index (χ3n) is 7.30. The highest BCUT2D eigenvalue weighted by atomic mass is 79.9. The number of alkyl halides is 1. The summed E-state index contributed by atoms with van der Waals surface area (Å²) in [5, 5.41) is 3.11. The maximum Gasteiger partial charge on any atom is 0.407 e. The normalized spacial score (nSPS) is 25.2. The van der Waals surface area contributed by atoms with Gasteiger partial charge in [-0.15, -0.1) is 0 Å². The first-order chi connectivity index (χ1) is 17.9. The highest BCUT2D eigenvalue weighted by molar-refractivity contribution is 9.10. The van der Waals surface area contributed by atoms with Gasteiger partial charge in [0.15, 0.2) is 11.6 Å². The zero-order chi connectivity index (χ0) is 27.4. The lowest BCUT2D eigenvalue weighted by molar-refractivity contribution is 0.0522. The Morgan fingerprint density at radius 1 is 1.37 bits per heavy atom. The molecule has 13 heteroatoms. The van der Waals surface area contributed by atoms with E-state index in [4.69, 9.17) is 25.8 Å². The van der Waals surface area contributed by atoms with Crippen molar-refractivity contribution in [3.8, 4) is 11.8 Å². The first-order valence-electron chi connectivity index (χ1n) is 12.6. The maximum absolute atomic E-state index is 15.5. The van der Waals surface area contributed by atoms with E-state index in [1.807, 2.05) is 0 Å². The molecule has 0 bridgehead atoms. The Kier molecular flexibility index (Phi) is 7.27. The number of halogens is 4. The minimum absolute atomic E-state index is 0.0144. The molecule has 1 aromatic carbocycles. The Morgan fingerprint density at radius 3 is 2.87 bits per heavy atom. The number of likely N-dealkylation sites (N-methyl/N-ethyl adjacent to an activating group) is 1. The van der Waals surface area contributed by atoms with Crippen molar-refractivity contribution < 1.29 is 27.8 Å². The number of rotatable bonds is 5. The zero-order valence-electron chi connectivity index (χ0n) is 21.7. The number of hydrogen-bond donors (Lipinski definition) is 1. The summed E-state index contributed by atoms with van der Waals surface area (Å²) in [4.78, 5) is 25.2. The van der Waals surface area contributed by atoms with Crippen LogP contribution in [0.15, 0.2) is 4.47 Å². The Balaban J connectivity index is 1.47. The van der Waals surface area contributed by atoms with Gasteiger partial charge in [0.2, 0.25) is 0 Å². The summed E-state index contributed by atoms with van der Waals surface area (Å²) in [5.74, 6) is -0.0907. The number of alkyl carbamates (subject to hydrolysis) is 1. The van der Waals surface area contributed by atoms with Crippen LogP contribution in [0.5, 0.6) is 11.8 Å². The molecule has 4 heterocycles. The van der Waals surface area contributed by atoms with Crippen molar-refractivity contribution in [2.75, 3.05) is 44.8 Å². The molecule has 0 saturated carbocycles. The highest BCUT2D eigenvalue weighted by Crippen LogP contribution is 2.47. The van der Waals surface area contributed by atoms with E-state index in [0.29, 0.717) is 24.2 Å². The standard InChI is InChI=1S/C25H31BrClF2N5O4/c1-24(2,3)38-23(35)30-9-14-11-36-20-15-19(18(29)16(26)17(20)27)31-22(32-21(15)33(14)4)37-12-25-6-5-7-34(25)10-13(28)8-25/h13-14H,5-12H2,1-4H3,(H,30,35)/t13-,14+,25+/m1/s1. The number of nitrogens with one attached hydrogen (secondary N) is 1.